The molecule has 2 rings (SSSR count). The molecule has 0 spiro atoms. The van der Waals surface area contributed by atoms with Crippen LogP contribution in [0.1, 0.15) is 48.5 Å². The SMILES string of the molecule is CCCCC(=O)N1CCCc2ccc(C(=O)O)cc21. The molecule has 4 heteroatoms. The topological polar surface area (TPSA) is 57.6 Å². The average Bonchev–Trinajstić information content (AvgIpc) is 2.43. The standard InChI is InChI=1S/C15H19NO3/c1-2-3-6-14(17)16-9-4-5-11-7-8-12(15(18)19)10-13(11)16/h7-8,10H,2-6,9H2,1H3,(H,18,19). The number of aryl methyl sites for hydroxylation is 1. The highest BCUT2D eigenvalue weighted by Gasteiger charge is 2.23. The Labute approximate surface area is 113 Å². The fraction of sp³-hybridized carbons (Fsp3) is 0.467. The Bertz CT molecular complexity index is 496. The van der Waals surface area contributed by atoms with Crippen LogP contribution in [0.3, 0.4) is 0 Å². The number of hydrogen-bond acceptors (Lipinski definition) is 2. The Morgan fingerprint density at radius 1 is 1.37 bits per heavy atom. The van der Waals surface area contributed by atoms with Crippen LogP contribution in [-0.4, -0.2) is 23.5 Å². The van der Waals surface area contributed by atoms with Gasteiger partial charge in [-0.3, -0.25) is 4.79 Å². The molecule has 1 aromatic rings. The zero-order chi connectivity index (χ0) is 13.8. The van der Waals surface area contributed by atoms with Gasteiger partial charge in [0.05, 0.1) is 5.56 Å². The first-order valence-electron chi connectivity index (χ1n) is 6.80. The van der Waals surface area contributed by atoms with E-state index in [4.69, 9.17) is 5.11 Å². The second-order valence-electron chi connectivity index (χ2n) is 4.90. The molecule has 0 atom stereocenters. The maximum Gasteiger partial charge on any atom is 0.335 e. The molecule has 0 aliphatic carbocycles. The average molecular weight is 261 g/mol. The molecule has 0 unspecified atom stereocenters. The summed E-state index contributed by atoms with van der Waals surface area (Å²) >= 11 is 0. The first-order chi connectivity index (χ1) is 9.13. The van der Waals surface area contributed by atoms with Gasteiger partial charge in [-0.05, 0) is 37.0 Å². The molecule has 1 aliphatic heterocycles. The minimum absolute atomic E-state index is 0.102. The number of hydrogen-bond donors (Lipinski definition) is 1. The van der Waals surface area contributed by atoms with Gasteiger partial charge in [-0.25, -0.2) is 4.79 Å². The van der Waals surface area contributed by atoms with E-state index in [1.807, 2.05) is 6.07 Å². The second kappa shape index (κ2) is 5.87. The number of anilines is 1. The number of fused-ring (bicyclic) bond motifs is 1. The number of aromatic carboxylic acids is 1. The van der Waals surface area contributed by atoms with Gasteiger partial charge in [0.1, 0.15) is 0 Å². The number of carbonyl (C=O) groups excluding carboxylic acids is 1. The van der Waals surface area contributed by atoms with Crippen LogP contribution in [0.2, 0.25) is 0 Å². The Kier molecular flexibility index (Phi) is 4.20. The number of carboxylic acid groups (broad SMARTS) is 1. The number of benzene rings is 1. The minimum Gasteiger partial charge on any atom is -0.478 e. The summed E-state index contributed by atoms with van der Waals surface area (Å²) in [7, 11) is 0. The fourth-order valence-corrected chi connectivity index (χ4v) is 2.43. The lowest BCUT2D eigenvalue weighted by atomic mass is 9.99. The van der Waals surface area contributed by atoms with Gasteiger partial charge in [0.25, 0.3) is 0 Å². The van der Waals surface area contributed by atoms with E-state index in [0.29, 0.717) is 13.0 Å². The Hall–Kier alpha value is -1.84. The smallest absolute Gasteiger partial charge is 0.335 e. The van der Waals surface area contributed by atoms with E-state index < -0.39 is 5.97 Å². The fourth-order valence-electron chi connectivity index (χ4n) is 2.43. The quantitative estimate of drug-likeness (QED) is 0.906. The summed E-state index contributed by atoms with van der Waals surface area (Å²) in [5, 5.41) is 9.05. The van der Waals surface area contributed by atoms with Crippen LogP contribution >= 0.6 is 0 Å². The van der Waals surface area contributed by atoms with Crippen molar-refractivity contribution in [3.63, 3.8) is 0 Å². The highest BCUT2D eigenvalue weighted by Crippen LogP contribution is 2.29. The number of nitrogens with zero attached hydrogens (tertiary/aromatic N) is 1. The molecule has 0 bridgehead atoms. The van der Waals surface area contributed by atoms with E-state index in [0.717, 1.165) is 36.9 Å². The highest BCUT2D eigenvalue weighted by atomic mass is 16.4. The maximum absolute atomic E-state index is 12.2. The Morgan fingerprint density at radius 2 is 2.16 bits per heavy atom. The summed E-state index contributed by atoms with van der Waals surface area (Å²) in [5.41, 5.74) is 2.10. The summed E-state index contributed by atoms with van der Waals surface area (Å²) in [5.74, 6) is -0.848. The molecule has 102 valence electrons. The third kappa shape index (κ3) is 2.95. The Balaban J connectivity index is 2.28. The van der Waals surface area contributed by atoms with Crippen LogP contribution in [-0.2, 0) is 11.2 Å². The van der Waals surface area contributed by atoms with E-state index in [-0.39, 0.29) is 11.5 Å². The van der Waals surface area contributed by atoms with E-state index in [1.165, 1.54) is 0 Å². The van der Waals surface area contributed by atoms with Gasteiger partial charge in [0, 0.05) is 18.7 Å². The molecular formula is C15H19NO3. The minimum atomic E-state index is -0.950. The number of carbonyl (C=O) groups is 2. The van der Waals surface area contributed by atoms with Crippen LogP contribution in [0.5, 0.6) is 0 Å². The third-order valence-corrected chi connectivity index (χ3v) is 3.50. The first kappa shape index (κ1) is 13.6. The van der Waals surface area contributed by atoms with Gasteiger partial charge in [-0.1, -0.05) is 19.4 Å². The highest BCUT2D eigenvalue weighted by molar-refractivity contribution is 5.97. The number of carboxylic acids is 1. The molecule has 0 fully saturated rings. The number of rotatable bonds is 4. The Morgan fingerprint density at radius 3 is 2.84 bits per heavy atom. The number of amides is 1. The van der Waals surface area contributed by atoms with Crippen molar-refractivity contribution in [1.82, 2.24) is 0 Å². The lowest BCUT2D eigenvalue weighted by molar-refractivity contribution is -0.118. The predicted molar refractivity (Wildman–Crippen MR) is 73.6 cm³/mol. The molecule has 1 heterocycles. The van der Waals surface area contributed by atoms with Crippen LogP contribution in [0.25, 0.3) is 0 Å². The van der Waals surface area contributed by atoms with E-state index in [9.17, 15) is 9.59 Å². The normalized spacial score (nSPS) is 14.1. The van der Waals surface area contributed by atoms with Crippen LogP contribution < -0.4 is 4.90 Å². The monoisotopic (exact) mass is 261 g/mol. The molecule has 4 nitrogen and oxygen atoms in total. The lowest BCUT2D eigenvalue weighted by Gasteiger charge is -2.30. The van der Waals surface area contributed by atoms with E-state index in [2.05, 4.69) is 6.92 Å². The van der Waals surface area contributed by atoms with E-state index >= 15 is 0 Å². The van der Waals surface area contributed by atoms with E-state index in [1.54, 1.807) is 17.0 Å². The molecule has 0 saturated heterocycles. The molecule has 1 aromatic carbocycles. The van der Waals surface area contributed by atoms with Crippen molar-refractivity contribution in [1.29, 1.82) is 0 Å². The van der Waals surface area contributed by atoms with Gasteiger partial charge >= 0.3 is 5.97 Å². The summed E-state index contributed by atoms with van der Waals surface area (Å²) in [4.78, 5) is 25.0. The summed E-state index contributed by atoms with van der Waals surface area (Å²) in [6.07, 6.45) is 4.25. The molecule has 0 saturated carbocycles. The van der Waals surface area contributed by atoms with Crippen LogP contribution in [0.4, 0.5) is 5.69 Å². The summed E-state index contributed by atoms with van der Waals surface area (Å²) in [6, 6.07) is 5.07. The molecule has 0 radical (unpaired) electrons. The van der Waals surface area contributed by atoms with Crippen LogP contribution in [0.15, 0.2) is 18.2 Å². The van der Waals surface area contributed by atoms with Gasteiger partial charge in [-0.2, -0.15) is 0 Å². The molecule has 19 heavy (non-hydrogen) atoms. The van der Waals surface area contributed by atoms with Gasteiger partial charge < -0.3 is 10.0 Å². The summed E-state index contributed by atoms with van der Waals surface area (Å²) < 4.78 is 0. The predicted octanol–water partition coefficient (Wildman–Crippen LogP) is 2.85. The van der Waals surface area contributed by atoms with Crippen molar-refractivity contribution in [3.8, 4) is 0 Å². The zero-order valence-corrected chi connectivity index (χ0v) is 11.2. The summed E-state index contributed by atoms with van der Waals surface area (Å²) in [6.45, 7) is 2.75. The molecular weight excluding hydrogens is 242 g/mol. The molecule has 1 amide bonds. The van der Waals surface area contributed by atoms with Crippen molar-refractivity contribution in [2.75, 3.05) is 11.4 Å². The largest absolute Gasteiger partial charge is 0.478 e. The molecule has 1 N–H and O–H groups in total. The molecule has 0 aromatic heterocycles. The van der Waals surface area contributed by atoms with Gasteiger partial charge in [0.2, 0.25) is 5.91 Å². The van der Waals surface area contributed by atoms with Crippen molar-refractivity contribution in [3.05, 3.63) is 29.3 Å². The van der Waals surface area contributed by atoms with Crippen molar-refractivity contribution in [2.24, 2.45) is 0 Å². The zero-order valence-electron chi connectivity index (χ0n) is 11.2. The first-order valence-corrected chi connectivity index (χ1v) is 6.80. The van der Waals surface area contributed by atoms with Crippen molar-refractivity contribution >= 4 is 17.6 Å². The second-order valence-corrected chi connectivity index (χ2v) is 4.90. The van der Waals surface area contributed by atoms with Crippen molar-refractivity contribution in [2.45, 2.75) is 39.0 Å². The van der Waals surface area contributed by atoms with Crippen LogP contribution in [0, 0.1) is 0 Å². The van der Waals surface area contributed by atoms with Crippen molar-refractivity contribution < 1.29 is 14.7 Å². The number of unbranched alkanes of at least 4 members (excludes halogenated alkanes) is 1. The third-order valence-electron chi connectivity index (χ3n) is 3.50. The van der Waals surface area contributed by atoms with Gasteiger partial charge in [-0.15, -0.1) is 0 Å². The maximum atomic E-state index is 12.2. The lowest BCUT2D eigenvalue weighted by Crippen LogP contribution is -2.35. The molecule has 1 aliphatic rings. The van der Waals surface area contributed by atoms with Gasteiger partial charge in [0.15, 0.2) is 0 Å².